The zero-order valence-electron chi connectivity index (χ0n) is 20.4. The minimum Gasteiger partial charge on any atom is -0.475 e. The molecule has 0 unspecified atom stereocenters. The van der Waals surface area contributed by atoms with Crippen LogP contribution in [0.3, 0.4) is 0 Å². The van der Waals surface area contributed by atoms with E-state index in [1.54, 1.807) is 18.2 Å². The van der Waals surface area contributed by atoms with Crippen molar-refractivity contribution in [2.45, 2.75) is 24.6 Å². The quantitative estimate of drug-likeness (QED) is 0.320. The molecule has 13 heteroatoms. The lowest BCUT2D eigenvalue weighted by Gasteiger charge is -2.17. The first kappa shape index (κ1) is 27.6. The number of imidazole rings is 1. The third-order valence-electron chi connectivity index (χ3n) is 5.86. The highest BCUT2D eigenvalue weighted by Gasteiger charge is 2.46. The van der Waals surface area contributed by atoms with E-state index in [2.05, 4.69) is 15.0 Å². The number of rotatable bonds is 6. The third kappa shape index (κ3) is 6.55. The highest BCUT2D eigenvalue weighted by Crippen LogP contribution is 2.45. The van der Waals surface area contributed by atoms with Crippen molar-refractivity contribution in [3.63, 3.8) is 0 Å². The van der Waals surface area contributed by atoms with Crippen molar-refractivity contribution in [3.05, 3.63) is 90.3 Å². The highest BCUT2D eigenvalue weighted by molar-refractivity contribution is 7.92. The number of halogens is 3. The number of amides is 1. The van der Waals surface area contributed by atoms with E-state index in [4.69, 9.17) is 9.90 Å². The molecule has 9 nitrogen and oxygen atoms in total. The molecular formula is C26H23F3N4O5S. The standard InChI is InChI=1S/C24H22N4O3S.C2HF3O2/c1-32(30,31)27-19-11-7-8-17(16-19)22-25-21(20-12-5-6-15-28(20)22)23(29)26-24(13-14-24)18-9-3-2-4-10-18;3-2(4,5)1(6)7/h2-12,15-16,27H,13-14H2,1H3,(H,26,29);(H,6,7). The van der Waals surface area contributed by atoms with Gasteiger partial charge in [-0.15, -0.1) is 0 Å². The Morgan fingerprint density at radius 2 is 1.64 bits per heavy atom. The van der Waals surface area contributed by atoms with Crippen LogP contribution < -0.4 is 10.0 Å². The lowest BCUT2D eigenvalue weighted by atomic mass is 10.0. The van der Waals surface area contributed by atoms with Crippen molar-refractivity contribution in [1.82, 2.24) is 14.7 Å². The van der Waals surface area contributed by atoms with Crippen LogP contribution in [0.5, 0.6) is 0 Å². The van der Waals surface area contributed by atoms with Crippen molar-refractivity contribution in [1.29, 1.82) is 0 Å². The molecule has 2 aromatic carbocycles. The zero-order valence-corrected chi connectivity index (χ0v) is 21.3. The van der Waals surface area contributed by atoms with E-state index in [9.17, 15) is 26.4 Å². The Kier molecular flexibility index (Phi) is 7.37. The number of nitrogens with one attached hydrogen (secondary N) is 2. The minimum atomic E-state index is -5.08. The van der Waals surface area contributed by atoms with Crippen LogP contribution in [0.25, 0.3) is 16.9 Å². The Hall–Kier alpha value is -4.39. The predicted octanol–water partition coefficient (Wildman–Crippen LogP) is 4.43. The van der Waals surface area contributed by atoms with Gasteiger partial charge < -0.3 is 10.4 Å². The zero-order chi connectivity index (χ0) is 28.4. The molecule has 0 spiro atoms. The third-order valence-corrected chi connectivity index (χ3v) is 6.47. The fourth-order valence-electron chi connectivity index (χ4n) is 3.99. The monoisotopic (exact) mass is 560 g/mol. The number of carbonyl (C=O) groups excluding carboxylic acids is 1. The number of alkyl halides is 3. The van der Waals surface area contributed by atoms with Crippen molar-refractivity contribution in [2.75, 3.05) is 11.0 Å². The summed E-state index contributed by atoms with van der Waals surface area (Å²) in [6.45, 7) is 0. The molecule has 5 rings (SSSR count). The predicted molar refractivity (Wildman–Crippen MR) is 138 cm³/mol. The molecule has 0 saturated heterocycles. The van der Waals surface area contributed by atoms with Crippen LogP contribution in [-0.4, -0.2) is 47.2 Å². The molecule has 1 fully saturated rings. The van der Waals surface area contributed by atoms with E-state index in [1.165, 1.54) is 0 Å². The first-order valence-electron chi connectivity index (χ1n) is 11.5. The van der Waals surface area contributed by atoms with Crippen molar-refractivity contribution in [3.8, 4) is 11.4 Å². The summed E-state index contributed by atoms with van der Waals surface area (Å²) in [7, 11) is -3.41. The number of aliphatic carboxylic acids is 1. The molecule has 1 aliphatic carbocycles. The minimum absolute atomic E-state index is 0.230. The molecule has 4 aromatic rings. The van der Waals surface area contributed by atoms with Crippen LogP contribution in [0.4, 0.5) is 18.9 Å². The lowest BCUT2D eigenvalue weighted by Crippen LogP contribution is -2.35. The second-order valence-corrected chi connectivity index (χ2v) is 10.6. The van der Waals surface area contributed by atoms with Gasteiger partial charge in [-0.05, 0) is 42.7 Å². The topological polar surface area (TPSA) is 130 Å². The number of fused-ring (bicyclic) bond motifs is 1. The van der Waals surface area contributed by atoms with Gasteiger partial charge in [0.15, 0.2) is 5.69 Å². The van der Waals surface area contributed by atoms with Crippen LogP contribution in [-0.2, 0) is 20.4 Å². The van der Waals surface area contributed by atoms with Gasteiger partial charge in [0, 0.05) is 17.4 Å². The van der Waals surface area contributed by atoms with Crippen molar-refractivity contribution >= 4 is 33.1 Å². The molecule has 39 heavy (non-hydrogen) atoms. The van der Waals surface area contributed by atoms with Crippen LogP contribution in [0, 0.1) is 0 Å². The van der Waals surface area contributed by atoms with Crippen molar-refractivity contribution in [2.24, 2.45) is 0 Å². The molecule has 0 radical (unpaired) electrons. The summed E-state index contributed by atoms with van der Waals surface area (Å²) in [5.41, 5.74) is 2.90. The normalized spacial score (nSPS) is 14.2. The van der Waals surface area contributed by atoms with Gasteiger partial charge in [-0.25, -0.2) is 18.2 Å². The van der Waals surface area contributed by atoms with Gasteiger partial charge in [-0.3, -0.25) is 13.9 Å². The summed E-state index contributed by atoms with van der Waals surface area (Å²) in [6, 6.07) is 22.5. The van der Waals surface area contributed by atoms with Gasteiger partial charge in [0.05, 0.1) is 17.3 Å². The van der Waals surface area contributed by atoms with E-state index in [1.807, 2.05) is 65.2 Å². The average Bonchev–Trinajstić information content (AvgIpc) is 3.54. The smallest absolute Gasteiger partial charge is 0.475 e. The number of aromatic nitrogens is 2. The molecule has 2 aromatic heterocycles. The highest BCUT2D eigenvalue weighted by atomic mass is 32.2. The number of anilines is 1. The number of hydrogen-bond donors (Lipinski definition) is 3. The van der Waals surface area contributed by atoms with Crippen LogP contribution in [0.15, 0.2) is 79.0 Å². The van der Waals surface area contributed by atoms with Gasteiger partial charge >= 0.3 is 12.1 Å². The van der Waals surface area contributed by atoms with Gasteiger partial charge in [-0.2, -0.15) is 13.2 Å². The molecule has 1 amide bonds. The summed E-state index contributed by atoms with van der Waals surface area (Å²) in [5, 5.41) is 10.3. The maximum atomic E-state index is 13.3. The Morgan fingerprint density at radius 3 is 2.23 bits per heavy atom. The van der Waals surface area contributed by atoms with Gasteiger partial charge in [0.1, 0.15) is 5.82 Å². The number of carbonyl (C=O) groups is 2. The summed E-state index contributed by atoms with van der Waals surface area (Å²) < 4.78 is 59.3. The van der Waals surface area contributed by atoms with E-state index in [0.29, 0.717) is 28.3 Å². The second-order valence-electron chi connectivity index (χ2n) is 8.90. The number of pyridine rings is 1. The molecule has 0 aliphatic heterocycles. The first-order chi connectivity index (χ1) is 18.3. The Morgan fingerprint density at radius 1 is 1.00 bits per heavy atom. The van der Waals surface area contributed by atoms with E-state index < -0.39 is 22.2 Å². The van der Waals surface area contributed by atoms with Gasteiger partial charge in [-0.1, -0.05) is 48.5 Å². The Balaban J connectivity index is 0.000000448. The van der Waals surface area contributed by atoms with Crippen molar-refractivity contribution < 1.29 is 36.3 Å². The number of carboxylic acids is 1. The second kappa shape index (κ2) is 10.4. The fourth-order valence-corrected chi connectivity index (χ4v) is 4.54. The summed E-state index contributed by atoms with van der Waals surface area (Å²) >= 11 is 0. The number of benzene rings is 2. The number of carboxylic acid groups (broad SMARTS) is 1. The molecule has 204 valence electrons. The van der Waals surface area contributed by atoms with Crippen LogP contribution in [0.2, 0.25) is 0 Å². The average molecular weight is 561 g/mol. The number of sulfonamides is 1. The molecule has 0 atom stereocenters. The number of hydrogen-bond acceptors (Lipinski definition) is 5. The maximum absolute atomic E-state index is 13.3. The first-order valence-corrected chi connectivity index (χ1v) is 13.4. The molecule has 1 aliphatic rings. The summed E-state index contributed by atoms with van der Waals surface area (Å²) in [4.78, 5) is 26.9. The van der Waals surface area contributed by atoms with E-state index in [-0.39, 0.29) is 11.4 Å². The number of nitrogens with zero attached hydrogens (tertiary/aromatic N) is 2. The molecule has 2 heterocycles. The summed E-state index contributed by atoms with van der Waals surface area (Å²) in [5.74, 6) is -2.42. The Labute approximate surface area is 221 Å². The van der Waals surface area contributed by atoms with Crippen LogP contribution in [0.1, 0.15) is 28.9 Å². The SMILES string of the molecule is CS(=O)(=O)Nc1cccc(-c2nc(C(=O)NC3(c4ccccc4)CC3)c3ccccn23)c1.O=C(O)C(F)(F)F. The Bertz CT molecular complexity index is 1630. The van der Waals surface area contributed by atoms with Crippen LogP contribution >= 0.6 is 0 Å². The molecule has 1 saturated carbocycles. The molecular weight excluding hydrogens is 537 g/mol. The molecule has 3 N–H and O–H groups in total. The summed E-state index contributed by atoms with van der Waals surface area (Å²) in [6.07, 6.45) is -0.357. The molecule has 0 bridgehead atoms. The van der Waals surface area contributed by atoms with Gasteiger partial charge in [0.25, 0.3) is 5.91 Å². The van der Waals surface area contributed by atoms with Gasteiger partial charge in [0.2, 0.25) is 10.0 Å². The lowest BCUT2D eigenvalue weighted by molar-refractivity contribution is -0.192. The van der Waals surface area contributed by atoms with E-state index >= 15 is 0 Å². The van der Waals surface area contributed by atoms with E-state index in [0.717, 1.165) is 24.7 Å². The maximum Gasteiger partial charge on any atom is 0.490 e. The fraction of sp³-hybridized carbons (Fsp3) is 0.192. The largest absolute Gasteiger partial charge is 0.490 e.